The maximum Gasteiger partial charge on any atom is 0.155 e. The number of hydrogen-bond donors (Lipinski definition) is 0. The highest BCUT2D eigenvalue weighted by Gasteiger charge is 2.43. The van der Waals surface area contributed by atoms with Crippen LogP contribution in [0.2, 0.25) is 0 Å². The molecule has 2 saturated heterocycles. The molecule has 2 aliphatic heterocycles. The normalized spacial score (nSPS) is 36.9. The SMILES string of the molecule is CC(COC(C)OC1CCC(C(C)(C)C2CCC(OCC3CO3)CC2)CC1)OCC(C)OC(C)OC1CCC(C(C)(C)C2CCC(OCC3CO3)CC2)CC1. The lowest BCUT2D eigenvalue weighted by atomic mass is 9.60. The van der Waals surface area contributed by atoms with Gasteiger partial charge in [0.05, 0.1) is 76.3 Å². The molecule has 9 nitrogen and oxygen atoms in total. The lowest BCUT2D eigenvalue weighted by Gasteiger charge is -2.46. The topological polar surface area (TPSA) is 89.7 Å². The number of hydrogen-bond acceptors (Lipinski definition) is 9. The summed E-state index contributed by atoms with van der Waals surface area (Å²) in [6.45, 7) is 22.7. The van der Waals surface area contributed by atoms with Crippen LogP contribution >= 0.6 is 0 Å². The Balaban J connectivity index is 0.779. The molecule has 6 fully saturated rings. The lowest BCUT2D eigenvalue weighted by molar-refractivity contribution is -0.207. The average Bonchev–Trinajstić information content (AvgIpc) is 4.12. The molecule has 9 heteroatoms. The minimum absolute atomic E-state index is 0.0362. The second-order valence-electron chi connectivity index (χ2n) is 19.9. The molecule has 4 aliphatic carbocycles. The molecule has 0 aromatic carbocycles. The Hall–Kier alpha value is -0.360. The zero-order chi connectivity index (χ0) is 39.0. The number of ether oxygens (including phenoxy) is 9. The summed E-state index contributed by atoms with van der Waals surface area (Å²) in [7, 11) is 0. The monoisotopic (exact) mass is 779 g/mol. The van der Waals surface area contributed by atoms with Gasteiger partial charge in [0.25, 0.3) is 0 Å². The molecule has 2 heterocycles. The first-order valence-electron chi connectivity index (χ1n) is 23.0. The van der Waals surface area contributed by atoms with Crippen molar-refractivity contribution in [2.45, 2.75) is 220 Å². The third kappa shape index (κ3) is 13.8. The highest BCUT2D eigenvalue weighted by molar-refractivity contribution is 4.93. The van der Waals surface area contributed by atoms with Crippen LogP contribution < -0.4 is 0 Å². The largest absolute Gasteiger partial charge is 0.375 e. The summed E-state index contributed by atoms with van der Waals surface area (Å²) in [6, 6.07) is 0. The molecule has 0 aromatic rings. The number of epoxide rings is 2. The predicted octanol–water partition coefficient (Wildman–Crippen LogP) is 9.66. The van der Waals surface area contributed by atoms with E-state index >= 15 is 0 Å². The van der Waals surface area contributed by atoms with Crippen LogP contribution in [0.5, 0.6) is 0 Å². The predicted molar refractivity (Wildman–Crippen MR) is 215 cm³/mol. The summed E-state index contributed by atoms with van der Waals surface area (Å²) >= 11 is 0. The van der Waals surface area contributed by atoms with E-state index in [4.69, 9.17) is 42.6 Å². The lowest BCUT2D eigenvalue weighted by Crippen LogP contribution is -2.40. The van der Waals surface area contributed by atoms with Crippen molar-refractivity contribution in [1.29, 1.82) is 0 Å². The van der Waals surface area contributed by atoms with Crippen LogP contribution in [0.3, 0.4) is 0 Å². The zero-order valence-corrected chi connectivity index (χ0v) is 36.3. The van der Waals surface area contributed by atoms with Gasteiger partial charge in [-0.1, -0.05) is 27.7 Å². The van der Waals surface area contributed by atoms with Crippen LogP contribution in [-0.2, 0) is 42.6 Å². The van der Waals surface area contributed by atoms with E-state index in [1.54, 1.807) is 0 Å². The summed E-state index contributed by atoms with van der Waals surface area (Å²) in [5, 5.41) is 0. The highest BCUT2D eigenvalue weighted by Crippen LogP contribution is 2.50. The molecule has 0 spiro atoms. The van der Waals surface area contributed by atoms with E-state index in [9.17, 15) is 0 Å². The van der Waals surface area contributed by atoms with E-state index < -0.39 is 0 Å². The minimum Gasteiger partial charge on any atom is -0.375 e. The average molecular weight is 779 g/mol. The van der Waals surface area contributed by atoms with E-state index in [2.05, 4.69) is 41.5 Å². The molecule has 0 aromatic heterocycles. The van der Waals surface area contributed by atoms with Crippen molar-refractivity contribution < 1.29 is 42.6 Å². The Bertz CT molecular complexity index is 1080. The second kappa shape index (κ2) is 20.7. The Morgan fingerprint density at radius 3 is 1.18 bits per heavy atom. The second-order valence-corrected chi connectivity index (χ2v) is 19.9. The van der Waals surface area contributed by atoms with E-state index in [0.29, 0.717) is 48.5 Å². The Morgan fingerprint density at radius 2 is 0.800 bits per heavy atom. The smallest absolute Gasteiger partial charge is 0.155 e. The molecule has 6 atom stereocenters. The van der Waals surface area contributed by atoms with Crippen molar-refractivity contribution in [1.82, 2.24) is 0 Å². The standard InChI is InChI=1S/C46H82O9/c1-31(25-48-33(3)54-41-21-13-37(14-22-41)45(5,6)35-9-17-39(18-10-35)49-27-43-29-51-43)47-26-32(2)53-34(4)55-42-23-15-38(16-24-42)46(7,8)36-11-19-40(20-12-36)50-28-44-30-52-44/h31-44H,9-30H2,1-8H3. The van der Waals surface area contributed by atoms with Crippen molar-refractivity contribution in [3.63, 3.8) is 0 Å². The minimum atomic E-state index is -0.243. The Kier molecular flexibility index (Phi) is 16.7. The first-order chi connectivity index (χ1) is 26.3. The molecule has 6 rings (SSSR count). The van der Waals surface area contributed by atoms with Crippen molar-refractivity contribution in [3.05, 3.63) is 0 Å². The molecular weight excluding hydrogens is 696 g/mol. The van der Waals surface area contributed by atoms with Crippen molar-refractivity contribution in [3.8, 4) is 0 Å². The number of rotatable bonds is 22. The molecule has 0 N–H and O–H groups in total. The molecule has 0 amide bonds. The third-order valence-electron chi connectivity index (χ3n) is 15.1. The maximum absolute atomic E-state index is 6.41. The first kappa shape index (κ1) is 44.2. The van der Waals surface area contributed by atoms with Crippen LogP contribution in [-0.4, -0.2) is 101 Å². The van der Waals surface area contributed by atoms with Crippen LogP contribution in [0, 0.1) is 34.5 Å². The quantitative estimate of drug-likeness (QED) is 0.0788. The summed E-state index contributed by atoms with van der Waals surface area (Å²) in [5.41, 5.74) is 0.736. The van der Waals surface area contributed by atoms with E-state index in [-0.39, 0.29) is 37.0 Å². The van der Waals surface area contributed by atoms with E-state index in [1.165, 1.54) is 77.0 Å². The Labute approximate surface area is 335 Å². The van der Waals surface area contributed by atoms with Crippen LogP contribution in [0.4, 0.5) is 0 Å². The van der Waals surface area contributed by atoms with Gasteiger partial charge in [-0.3, -0.25) is 0 Å². The van der Waals surface area contributed by atoms with Gasteiger partial charge in [-0.05, 0) is 165 Å². The van der Waals surface area contributed by atoms with Gasteiger partial charge in [-0.15, -0.1) is 0 Å². The van der Waals surface area contributed by atoms with E-state index in [1.807, 2.05) is 13.8 Å². The molecule has 320 valence electrons. The van der Waals surface area contributed by atoms with Crippen molar-refractivity contribution >= 4 is 0 Å². The fourth-order valence-corrected chi connectivity index (χ4v) is 10.9. The fraction of sp³-hybridized carbons (Fsp3) is 1.00. The van der Waals surface area contributed by atoms with Gasteiger partial charge in [0.15, 0.2) is 12.6 Å². The highest BCUT2D eigenvalue weighted by atomic mass is 16.7. The molecule has 0 radical (unpaired) electrons. The summed E-state index contributed by atoms with van der Waals surface area (Å²) in [6.07, 6.45) is 21.0. The molecule has 6 aliphatic rings. The fourth-order valence-electron chi connectivity index (χ4n) is 10.9. The maximum atomic E-state index is 6.41. The van der Waals surface area contributed by atoms with Gasteiger partial charge in [0.1, 0.15) is 12.2 Å². The van der Waals surface area contributed by atoms with Gasteiger partial charge in [0, 0.05) is 0 Å². The van der Waals surface area contributed by atoms with Crippen molar-refractivity contribution in [2.24, 2.45) is 34.5 Å². The van der Waals surface area contributed by atoms with Crippen LogP contribution in [0.1, 0.15) is 158 Å². The van der Waals surface area contributed by atoms with Crippen LogP contribution in [0.15, 0.2) is 0 Å². The summed E-state index contributed by atoms with van der Waals surface area (Å²) < 4.78 is 54.1. The van der Waals surface area contributed by atoms with Gasteiger partial charge in [0.2, 0.25) is 0 Å². The molecule has 0 bridgehead atoms. The Morgan fingerprint density at radius 1 is 0.455 bits per heavy atom. The summed E-state index contributed by atoms with van der Waals surface area (Å²) in [4.78, 5) is 0. The van der Waals surface area contributed by atoms with Gasteiger partial charge < -0.3 is 42.6 Å². The van der Waals surface area contributed by atoms with Gasteiger partial charge in [-0.2, -0.15) is 0 Å². The molecule has 55 heavy (non-hydrogen) atoms. The first-order valence-corrected chi connectivity index (χ1v) is 23.0. The molecular formula is C46H82O9. The van der Waals surface area contributed by atoms with Gasteiger partial charge >= 0.3 is 0 Å². The van der Waals surface area contributed by atoms with Crippen molar-refractivity contribution in [2.75, 3.05) is 39.6 Å². The van der Waals surface area contributed by atoms with Crippen LogP contribution in [0.25, 0.3) is 0 Å². The van der Waals surface area contributed by atoms with E-state index in [0.717, 1.165) is 75.8 Å². The third-order valence-corrected chi connectivity index (χ3v) is 15.1. The zero-order valence-electron chi connectivity index (χ0n) is 36.3. The molecule has 4 saturated carbocycles. The summed E-state index contributed by atoms with van der Waals surface area (Å²) in [5.74, 6) is 3.10. The molecule has 6 unspecified atom stereocenters. The van der Waals surface area contributed by atoms with Gasteiger partial charge in [-0.25, -0.2) is 0 Å².